The lowest BCUT2D eigenvalue weighted by Gasteiger charge is -2.30. The molecule has 17 heavy (non-hydrogen) atoms. The number of likely N-dealkylation sites (tertiary alicyclic amines) is 1. The zero-order valence-electron chi connectivity index (χ0n) is 9.60. The van der Waals surface area contributed by atoms with Crippen LogP contribution < -0.4 is 5.73 Å². The molecule has 1 aliphatic rings. The quantitative estimate of drug-likeness (QED) is 0.822. The summed E-state index contributed by atoms with van der Waals surface area (Å²) in [4.78, 5) is 13.6. The first-order chi connectivity index (χ1) is 8.20. The summed E-state index contributed by atoms with van der Waals surface area (Å²) in [6.07, 6.45) is 1.72. The minimum atomic E-state index is -0.358. The van der Waals surface area contributed by atoms with Crippen LogP contribution in [0.3, 0.4) is 0 Å². The number of nitrogens with two attached hydrogens (primary N) is 1. The summed E-state index contributed by atoms with van der Waals surface area (Å²) in [5.74, 6) is 0.0126. The van der Waals surface area contributed by atoms with Gasteiger partial charge in [0.25, 0.3) is 0 Å². The van der Waals surface area contributed by atoms with Crippen molar-refractivity contribution < 1.29 is 4.79 Å². The maximum atomic E-state index is 11.8. The molecule has 1 aliphatic heterocycles. The van der Waals surface area contributed by atoms with Gasteiger partial charge in [-0.1, -0.05) is 12.1 Å². The number of carbonyl (C=O) groups is 1. The second-order valence-electron chi connectivity index (χ2n) is 4.32. The first-order valence-corrected chi connectivity index (χ1v) is 5.74. The van der Waals surface area contributed by atoms with Crippen molar-refractivity contribution >= 4 is 5.91 Å². The van der Waals surface area contributed by atoms with Crippen molar-refractivity contribution in [2.75, 3.05) is 6.54 Å². The molecule has 4 heteroatoms. The van der Waals surface area contributed by atoms with Crippen LogP contribution >= 0.6 is 0 Å². The molecule has 1 amide bonds. The highest BCUT2D eigenvalue weighted by Crippen LogP contribution is 2.14. The van der Waals surface area contributed by atoms with Gasteiger partial charge in [-0.2, -0.15) is 5.26 Å². The van der Waals surface area contributed by atoms with E-state index in [2.05, 4.69) is 6.07 Å². The molecule has 1 aromatic rings. The Morgan fingerprint density at radius 3 is 3.12 bits per heavy atom. The molecule has 0 aromatic heterocycles. The second kappa shape index (κ2) is 4.98. The van der Waals surface area contributed by atoms with Crippen molar-refractivity contribution in [1.29, 1.82) is 5.26 Å². The third-order valence-corrected chi connectivity index (χ3v) is 3.00. The van der Waals surface area contributed by atoms with Gasteiger partial charge >= 0.3 is 0 Å². The largest absolute Gasteiger partial charge is 0.337 e. The summed E-state index contributed by atoms with van der Waals surface area (Å²) in [6, 6.07) is 9.07. The number of benzene rings is 1. The number of rotatable bonds is 2. The van der Waals surface area contributed by atoms with Crippen LogP contribution in [0.2, 0.25) is 0 Å². The number of piperidine rings is 1. The highest BCUT2D eigenvalue weighted by Gasteiger charge is 2.25. The number of nitrogens with zero attached hydrogens (tertiary/aromatic N) is 2. The molecule has 88 valence electrons. The lowest BCUT2D eigenvalue weighted by atomic mass is 10.0. The van der Waals surface area contributed by atoms with Gasteiger partial charge in [0.15, 0.2) is 0 Å². The Kier molecular flexibility index (Phi) is 3.40. The molecule has 0 radical (unpaired) electrons. The number of hydrogen-bond acceptors (Lipinski definition) is 3. The van der Waals surface area contributed by atoms with Crippen molar-refractivity contribution in [3.05, 3.63) is 35.4 Å². The number of nitriles is 1. The van der Waals surface area contributed by atoms with Gasteiger partial charge in [0.1, 0.15) is 0 Å². The summed E-state index contributed by atoms with van der Waals surface area (Å²) in [7, 11) is 0. The van der Waals surface area contributed by atoms with Gasteiger partial charge in [-0.25, -0.2) is 0 Å². The van der Waals surface area contributed by atoms with Gasteiger partial charge in [-0.15, -0.1) is 0 Å². The fourth-order valence-corrected chi connectivity index (χ4v) is 2.09. The van der Waals surface area contributed by atoms with E-state index in [0.717, 1.165) is 24.9 Å². The van der Waals surface area contributed by atoms with E-state index in [1.807, 2.05) is 18.2 Å². The van der Waals surface area contributed by atoms with Gasteiger partial charge < -0.3 is 10.6 Å². The fourth-order valence-electron chi connectivity index (χ4n) is 2.09. The fraction of sp³-hybridized carbons (Fsp3) is 0.385. The smallest absolute Gasteiger partial charge is 0.239 e. The van der Waals surface area contributed by atoms with Gasteiger partial charge in [0, 0.05) is 13.1 Å². The third-order valence-electron chi connectivity index (χ3n) is 3.00. The summed E-state index contributed by atoms with van der Waals surface area (Å²) in [6.45, 7) is 1.30. The minimum absolute atomic E-state index is 0.0126. The van der Waals surface area contributed by atoms with Gasteiger partial charge in [-0.05, 0) is 30.5 Å². The molecule has 1 fully saturated rings. The average Bonchev–Trinajstić information content (AvgIpc) is 2.35. The Bertz CT molecular complexity index is 464. The first-order valence-electron chi connectivity index (χ1n) is 5.74. The second-order valence-corrected chi connectivity index (χ2v) is 4.32. The lowest BCUT2D eigenvalue weighted by Crippen LogP contribution is -2.47. The number of carbonyl (C=O) groups excluding carboxylic acids is 1. The molecule has 2 rings (SSSR count). The highest BCUT2D eigenvalue weighted by molar-refractivity contribution is 5.82. The molecule has 0 aliphatic carbocycles. The van der Waals surface area contributed by atoms with E-state index in [1.54, 1.807) is 11.0 Å². The van der Waals surface area contributed by atoms with Crippen molar-refractivity contribution in [3.8, 4) is 6.07 Å². The van der Waals surface area contributed by atoms with Crippen LogP contribution in [0.1, 0.15) is 24.0 Å². The van der Waals surface area contributed by atoms with Gasteiger partial charge in [0.05, 0.1) is 17.7 Å². The van der Waals surface area contributed by atoms with Crippen LogP contribution in [-0.4, -0.2) is 23.4 Å². The monoisotopic (exact) mass is 229 g/mol. The SMILES string of the molecule is N#Cc1cccc(CN2CCCC(N)C2=O)c1. The molecule has 1 aromatic carbocycles. The Labute approximate surface area is 101 Å². The summed E-state index contributed by atoms with van der Waals surface area (Å²) < 4.78 is 0. The van der Waals surface area contributed by atoms with Crippen molar-refractivity contribution in [2.24, 2.45) is 5.73 Å². The minimum Gasteiger partial charge on any atom is -0.337 e. The molecule has 0 bridgehead atoms. The molecule has 1 saturated heterocycles. The van der Waals surface area contributed by atoms with E-state index in [1.165, 1.54) is 0 Å². The van der Waals surface area contributed by atoms with Crippen LogP contribution in [0, 0.1) is 11.3 Å². The van der Waals surface area contributed by atoms with Crippen molar-refractivity contribution in [2.45, 2.75) is 25.4 Å². The van der Waals surface area contributed by atoms with E-state index in [0.29, 0.717) is 12.1 Å². The zero-order valence-corrected chi connectivity index (χ0v) is 9.60. The van der Waals surface area contributed by atoms with E-state index < -0.39 is 0 Å². The van der Waals surface area contributed by atoms with Crippen LogP contribution in [0.4, 0.5) is 0 Å². The Balaban J connectivity index is 2.10. The van der Waals surface area contributed by atoms with E-state index in [4.69, 9.17) is 11.0 Å². The zero-order chi connectivity index (χ0) is 12.3. The average molecular weight is 229 g/mol. The summed E-state index contributed by atoms with van der Waals surface area (Å²) in [5, 5.41) is 8.81. The van der Waals surface area contributed by atoms with E-state index >= 15 is 0 Å². The van der Waals surface area contributed by atoms with E-state index in [9.17, 15) is 4.79 Å². The topological polar surface area (TPSA) is 70.1 Å². The number of hydrogen-bond donors (Lipinski definition) is 1. The first kappa shape index (κ1) is 11.6. The molecule has 2 N–H and O–H groups in total. The van der Waals surface area contributed by atoms with Gasteiger partial charge in [-0.3, -0.25) is 4.79 Å². The highest BCUT2D eigenvalue weighted by atomic mass is 16.2. The van der Waals surface area contributed by atoms with Crippen LogP contribution in [0.25, 0.3) is 0 Å². The Hall–Kier alpha value is -1.86. The predicted octanol–water partition coefficient (Wildman–Crippen LogP) is 1.01. The standard InChI is InChI=1S/C13H15N3O/c14-8-10-3-1-4-11(7-10)9-16-6-2-5-12(15)13(16)17/h1,3-4,7,12H,2,5-6,9,15H2. The van der Waals surface area contributed by atoms with Gasteiger partial charge in [0.2, 0.25) is 5.91 Å². The molecule has 1 atom stereocenters. The van der Waals surface area contributed by atoms with Crippen LogP contribution in [0.5, 0.6) is 0 Å². The maximum absolute atomic E-state index is 11.8. The van der Waals surface area contributed by atoms with Crippen molar-refractivity contribution in [1.82, 2.24) is 4.90 Å². The predicted molar refractivity (Wildman–Crippen MR) is 63.8 cm³/mol. The molecular weight excluding hydrogens is 214 g/mol. The van der Waals surface area contributed by atoms with Crippen LogP contribution in [0.15, 0.2) is 24.3 Å². The summed E-state index contributed by atoms with van der Waals surface area (Å²) >= 11 is 0. The normalized spacial score (nSPS) is 20.1. The third kappa shape index (κ3) is 2.63. The molecule has 1 unspecified atom stereocenters. The van der Waals surface area contributed by atoms with E-state index in [-0.39, 0.29) is 11.9 Å². The molecular formula is C13H15N3O. The molecule has 1 heterocycles. The Morgan fingerprint density at radius 2 is 2.35 bits per heavy atom. The molecule has 4 nitrogen and oxygen atoms in total. The Morgan fingerprint density at radius 1 is 1.53 bits per heavy atom. The van der Waals surface area contributed by atoms with Crippen molar-refractivity contribution in [3.63, 3.8) is 0 Å². The molecule has 0 saturated carbocycles. The summed E-state index contributed by atoms with van der Waals surface area (Å²) in [5.41, 5.74) is 7.33. The number of amides is 1. The molecule has 0 spiro atoms. The van der Waals surface area contributed by atoms with Crippen LogP contribution in [-0.2, 0) is 11.3 Å². The maximum Gasteiger partial charge on any atom is 0.239 e. The lowest BCUT2D eigenvalue weighted by molar-refractivity contribution is -0.135.